The summed E-state index contributed by atoms with van der Waals surface area (Å²) in [5.41, 5.74) is 1.51. The molecule has 0 aliphatic rings. The van der Waals surface area contributed by atoms with Gasteiger partial charge in [-0.1, -0.05) is 52.3 Å². The summed E-state index contributed by atoms with van der Waals surface area (Å²) in [4.78, 5) is 11.6. The van der Waals surface area contributed by atoms with Gasteiger partial charge in [0.2, 0.25) is 0 Å². The Labute approximate surface area is 137 Å². The van der Waals surface area contributed by atoms with Crippen molar-refractivity contribution >= 4 is 21.9 Å². The van der Waals surface area contributed by atoms with E-state index in [2.05, 4.69) is 15.9 Å². The average Bonchev–Trinajstić information content (AvgIpc) is 2.54. The fourth-order valence-electron chi connectivity index (χ4n) is 1.84. The number of esters is 1. The Morgan fingerprint density at radius 1 is 1.14 bits per heavy atom. The quantitative estimate of drug-likeness (QED) is 0.550. The van der Waals surface area contributed by atoms with Gasteiger partial charge in [0.25, 0.3) is 0 Å². The van der Waals surface area contributed by atoms with E-state index in [1.165, 1.54) is 6.07 Å². The summed E-state index contributed by atoms with van der Waals surface area (Å²) in [6.45, 7) is -0.0500. The predicted molar refractivity (Wildman–Crippen MR) is 85.6 cm³/mol. The molecule has 0 amide bonds. The lowest BCUT2D eigenvalue weighted by Gasteiger charge is -2.08. The average molecular weight is 367 g/mol. The first kappa shape index (κ1) is 16.5. The first-order chi connectivity index (χ1) is 10.7. The first-order valence-electron chi connectivity index (χ1n) is 6.86. The molecule has 0 aliphatic heterocycles. The summed E-state index contributed by atoms with van der Waals surface area (Å²) in [6, 6.07) is 13.9. The Balaban J connectivity index is 1.80. The molecule has 0 fully saturated rings. The third-order valence-corrected chi connectivity index (χ3v) is 3.38. The Hall–Kier alpha value is -1.88. The second-order valence-corrected chi connectivity index (χ2v) is 5.42. The van der Waals surface area contributed by atoms with Crippen LogP contribution in [0, 0.1) is 5.82 Å². The largest absolute Gasteiger partial charge is 0.482 e. The molecule has 22 heavy (non-hydrogen) atoms. The van der Waals surface area contributed by atoms with Gasteiger partial charge in [-0.25, -0.2) is 9.18 Å². The molecular formula is C17H16BrFO3. The lowest BCUT2D eigenvalue weighted by atomic mass is 10.1. The summed E-state index contributed by atoms with van der Waals surface area (Å²) in [5, 5.41) is 0.690. The van der Waals surface area contributed by atoms with Crippen molar-refractivity contribution in [2.24, 2.45) is 0 Å². The molecule has 5 heteroatoms. The van der Waals surface area contributed by atoms with Crippen molar-refractivity contribution < 1.29 is 18.7 Å². The number of carbonyl (C=O) groups excluding carboxylic acids is 1. The number of halogens is 2. The van der Waals surface area contributed by atoms with Crippen molar-refractivity contribution in [2.45, 2.75) is 13.0 Å². The van der Waals surface area contributed by atoms with Crippen LogP contribution in [0.15, 0.2) is 48.5 Å². The van der Waals surface area contributed by atoms with Crippen molar-refractivity contribution in [1.29, 1.82) is 0 Å². The maximum Gasteiger partial charge on any atom is 0.344 e. The summed E-state index contributed by atoms with van der Waals surface area (Å²) in [6.07, 6.45) is 0.602. The second kappa shape index (κ2) is 8.54. The molecule has 2 aromatic carbocycles. The minimum absolute atomic E-state index is 0.196. The number of aryl methyl sites for hydroxylation is 1. The number of carbonyl (C=O) groups is 1. The molecule has 0 saturated carbocycles. The van der Waals surface area contributed by atoms with Gasteiger partial charge in [0.1, 0.15) is 18.2 Å². The van der Waals surface area contributed by atoms with E-state index in [9.17, 15) is 9.18 Å². The Morgan fingerprint density at radius 2 is 1.91 bits per heavy atom. The first-order valence-corrected chi connectivity index (χ1v) is 7.98. The van der Waals surface area contributed by atoms with E-state index in [0.29, 0.717) is 23.1 Å². The van der Waals surface area contributed by atoms with Gasteiger partial charge in [0, 0.05) is 11.4 Å². The Kier molecular flexibility index (Phi) is 6.40. The highest BCUT2D eigenvalue weighted by molar-refractivity contribution is 9.09. The van der Waals surface area contributed by atoms with Gasteiger partial charge >= 0.3 is 5.97 Å². The highest BCUT2D eigenvalue weighted by atomic mass is 79.9. The molecule has 0 spiro atoms. The Morgan fingerprint density at radius 3 is 2.59 bits per heavy atom. The fraction of sp³-hybridized carbons (Fsp3) is 0.235. The van der Waals surface area contributed by atoms with Crippen LogP contribution in [0.2, 0.25) is 0 Å². The molecule has 0 radical (unpaired) electrons. The molecular weight excluding hydrogens is 351 g/mol. The lowest BCUT2D eigenvalue weighted by Crippen LogP contribution is -2.14. The topological polar surface area (TPSA) is 35.5 Å². The van der Waals surface area contributed by atoms with Crippen molar-refractivity contribution in [3.63, 3.8) is 0 Å². The second-order valence-electron chi connectivity index (χ2n) is 4.63. The normalized spacial score (nSPS) is 10.3. The molecule has 0 aliphatic carbocycles. The van der Waals surface area contributed by atoms with Crippen LogP contribution in [0.4, 0.5) is 4.39 Å². The fourth-order valence-corrected chi connectivity index (χ4v) is 2.27. The van der Waals surface area contributed by atoms with Gasteiger partial charge in [0.15, 0.2) is 6.61 Å². The minimum Gasteiger partial charge on any atom is -0.482 e. The highest BCUT2D eigenvalue weighted by Crippen LogP contribution is 2.17. The van der Waals surface area contributed by atoms with Crippen molar-refractivity contribution in [3.05, 3.63) is 65.5 Å². The van der Waals surface area contributed by atoms with E-state index in [0.717, 1.165) is 5.56 Å². The molecule has 0 atom stereocenters. The zero-order valence-electron chi connectivity index (χ0n) is 11.9. The number of benzene rings is 2. The van der Waals surface area contributed by atoms with E-state index in [1.54, 1.807) is 12.1 Å². The summed E-state index contributed by atoms with van der Waals surface area (Å²) in [7, 11) is 0. The molecule has 116 valence electrons. The molecule has 2 aromatic rings. The van der Waals surface area contributed by atoms with Crippen LogP contribution in [0.5, 0.6) is 5.75 Å². The number of rotatable bonds is 7. The molecule has 0 heterocycles. The summed E-state index contributed by atoms with van der Waals surface area (Å²) >= 11 is 3.27. The van der Waals surface area contributed by atoms with Crippen molar-refractivity contribution in [1.82, 2.24) is 0 Å². The number of hydrogen-bond donors (Lipinski definition) is 0. The van der Waals surface area contributed by atoms with Gasteiger partial charge in [-0.15, -0.1) is 0 Å². The summed E-state index contributed by atoms with van der Waals surface area (Å²) < 4.78 is 24.0. The van der Waals surface area contributed by atoms with Crippen LogP contribution in [0.3, 0.4) is 0 Å². The minimum atomic E-state index is -0.492. The molecule has 0 aromatic heterocycles. The van der Waals surface area contributed by atoms with Gasteiger partial charge in [-0.05, 0) is 23.6 Å². The van der Waals surface area contributed by atoms with Crippen LogP contribution >= 0.6 is 15.9 Å². The highest BCUT2D eigenvalue weighted by Gasteiger charge is 2.07. The third kappa shape index (κ3) is 5.15. The van der Waals surface area contributed by atoms with Gasteiger partial charge in [-0.3, -0.25) is 0 Å². The van der Waals surface area contributed by atoms with Gasteiger partial charge < -0.3 is 9.47 Å². The molecule has 0 unspecified atom stereocenters. The van der Waals surface area contributed by atoms with Gasteiger partial charge in [-0.2, -0.15) is 0 Å². The Bertz CT molecular complexity index is 617. The standard InChI is InChI=1S/C17H16BrFO3/c18-9-8-14-6-7-15(10-16(14)19)21-12-17(20)22-11-13-4-2-1-3-5-13/h1-7,10H,8-9,11-12H2. The zero-order chi connectivity index (χ0) is 15.8. The van der Waals surface area contributed by atoms with E-state index < -0.39 is 5.97 Å². The smallest absolute Gasteiger partial charge is 0.344 e. The molecule has 0 bridgehead atoms. The third-order valence-electron chi connectivity index (χ3n) is 2.99. The maximum absolute atomic E-state index is 13.7. The summed E-state index contributed by atoms with van der Waals surface area (Å²) in [5.74, 6) is -0.518. The lowest BCUT2D eigenvalue weighted by molar-refractivity contribution is -0.147. The monoisotopic (exact) mass is 366 g/mol. The van der Waals surface area contributed by atoms with Crippen LogP contribution in [0.25, 0.3) is 0 Å². The van der Waals surface area contributed by atoms with E-state index in [-0.39, 0.29) is 19.0 Å². The van der Waals surface area contributed by atoms with Crippen molar-refractivity contribution in [3.8, 4) is 5.75 Å². The van der Waals surface area contributed by atoms with Crippen LogP contribution in [0.1, 0.15) is 11.1 Å². The van der Waals surface area contributed by atoms with Crippen molar-refractivity contribution in [2.75, 3.05) is 11.9 Å². The molecule has 3 nitrogen and oxygen atoms in total. The van der Waals surface area contributed by atoms with Crippen LogP contribution < -0.4 is 4.74 Å². The SMILES string of the molecule is O=C(COc1ccc(CCBr)c(F)c1)OCc1ccccc1. The van der Waals surface area contributed by atoms with E-state index in [4.69, 9.17) is 9.47 Å². The predicted octanol–water partition coefficient (Wildman–Crippen LogP) is 3.89. The number of alkyl halides is 1. The number of hydrogen-bond acceptors (Lipinski definition) is 3. The molecule has 2 rings (SSSR count). The number of ether oxygens (including phenoxy) is 2. The maximum atomic E-state index is 13.7. The van der Waals surface area contributed by atoms with Crippen LogP contribution in [-0.4, -0.2) is 17.9 Å². The zero-order valence-corrected chi connectivity index (χ0v) is 13.5. The van der Waals surface area contributed by atoms with E-state index >= 15 is 0 Å². The van der Waals surface area contributed by atoms with Gasteiger partial charge in [0.05, 0.1) is 0 Å². The van der Waals surface area contributed by atoms with E-state index in [1.807, 2.05) is 30.3 Å². The van der Waals surface area contributed by atoms with Crippen LogP contribution in [-0.2, 0) is 22.6 Å². The molecule has 0 saturated heterocycles. The molecule has 0 N–H and O–H groups in total.